The molecule has 1 aliphatic heterocycles. The molecular weight excluding hydrogens is 216 g/mol. The minimum atomic E-state index is -0.625. The highest BCUT2D eigenvalue weighted by Gasteiger charge is 2.34. The van der Waals surface area contributed by atoms with Gasteiger partial charge in [-0.1, -0.05) is 12.8 Å². The Bertz CT molecular complexity index is 269. The number of urea groups is 1. The number of likely N-dealkylation sites (tertiary alicyclic amines) is 1. The molecule has 2 fully saturated rings. The van der Waals surface area contributed by atoms with Crippen LogP contribution in [0, 0.1) is 0 Å². The summed E-state index contributed by atoms with van der Waals surface area (Å²) in [4.78, 5) is 15.8. The predicted octanol–water partition coefficient (Wildman–Crippen LogP) is 1.83. The molecular formula is C13H24N2O2. The second kappa shape index (κ2) is 5.25. The maximum Gasteiger partial charge on any atom is 0.319 e. The molecule has 2 aliphatic rings. The van der Waals surface area contributed by atoms with Gasteiger partial charge in [0.05, 0.1) is 12.1 Å². The van der Waals surface area contributed by atoms with E-state index in [1.54, 1.807) is 4.90 Å². The molecule has 1 saturated heterocycles. The van der Waals surface area contributed by atoms with Crippen LogP contribution in [0.2, 0.25) is 0 Å². The largest absolute Gasteiger partial charge is 0.388 e. The molecule has 0 unspecified atom stereocenters. The van der Waals surface area contributed by atoms with Gasteiger partial charge in [0.1, 0.15) is 0 Å². The lowest BCUT2D eigenvalue weighted by Gasteiger charge is -2.34. The lowest BCUT2D eigenvalue weighted by atomic mass is 10.0. The van der Waals surface area contributed by atoms with E-state index in [4.69, 9.17) is 0 Å². The highest BCUT2D eigenvalue weighted by molar-refractivity contribution is 5.74. The molecule has 0 radical (unpaired) electrons. The third kappa shape index (κ3) is 3.12. The Morgan fingerprint density at radius 3 is 2.35 bits per heavy atom. The quantitative estimate of drug-likeness (QED) is 0.800. The van der Waals surface area contributed by atoms with E-state index >= 15 is 0 Å². The molecule has 0 bridgehead atoms. The van der Waals surface area contributed by atoms with Crippen molar-refractivity contribution >= 4 is 6.03 Å². The third-order valence-electron chi connectivity index (χ3n) is 4.02. The molecule has 0 atom stereocenters. The van der Waals surface area contributed by atoms with E-state index in [1.807, 2.05) is 11.9 Å². The van der Waals surface area contributed by atoms with Crippen molar-refractivity contribution in [1.82, 2.24) is 9.80 Å². The number of hydrogen-bond donors (Lipinski definition) is 1. The van der Waals surface area contributed by atoms with Crippen molar-refractivity contribution in [3.05, 3.63) is 0 Å². The standard InChI is InChI=1S/C13H24N2O2/c1-14(11-13(17)7-3-4-8-13)12(16)15-9-5-2-6-10-15/h17H,2-11H2,1H3. The SMILES string of the molecule is CN(CC1(O)CCCC1)C(=O)N1CCCCC1. The Kier molecular flexibility index (Phi) is 3.92. The van der Waals surface area contributed by atoms with Gasteiger partial charge >= 0.3 is 6.03 Å². The van der Waals surface area contributed by atoms with E-state index in [1.165, 1.54) is 6.42 Å². The van der Waals surface area contributed by atoms with Gasteiger partial charge in [-0.15, -0.1) is 0 Å². The number of likely N-dealkylation sites (N-methyl/N-ethyl adjacent to an activating group) is 1. The molecule has 4 nitrogen and oxygen atoms in total. The topological polar surface area (TPSA) is 43.8 Å². The molecule has 1 aliphatic carbocycles. The Morgan fingerprint density at radius 2 is 1.76 bits per heavy atom. The van der Waals surface area contributed by atoms with E-state index in [2.05, 4.69) is 0 Å². The number of hydrogen-bond acceptors (Lipinski definition) is 2. The third-order valence-corrected chi connectivity index (χ3v) is 4.02. The molecule has 2 amide bonds. The molecule has 0 aromatic rings. The van der Waals surface area contributed by atoms with Gasteiger partial charge in [0, 0.05) is 20.1 Å². The minimum Gasteiger partial charge on any atom is -0.388 e. The molecule has 0 spiro atoms. The van der Waals surface area contributed by atoms with E-state index in [0.717, 1.165) is 51.6 Å². The first kappa shape index (κ1) is 12.7. The van der Waals surface area contributed by atoms with Crippen molar-refractivity contribution < 1.29 is 9.90 Å². The zero-order chi connectivity index (χ0) is 12.3. The number of amides is 2. The highest BCUT2D eigenvalue weighted by atomic mass is 16.3. The summed E-state index contributed by atoms with van der Waals surface area (Å²) in [6.07, 6.45) is 7.31. The molecule has 1 N–H and O–H groups in total. The Labute approximate surface area is 104 Å². The minimum absolute atomic E-state index is 0.0880. The van der Waals surface area contributed by atoms with E-state index < -0.39 is 5.60 Å². The number of carbonyl (C=O) groups excluding carboxylic acids is 1. The fourth-order valence-electron chi connectivity index (χ4n) is 3.03. The summed E-state index contributed by atoms with van der Waals surface area (Å²) in [5, 5.41) is 10.3. The predicted molar refractivity (Wildman–Crippen MR) is 66.9 cm³/mol. The fourth-order valence-corrected chi connectivity index (χ4v) is 3.03. The van der Waals surface area contributed by atoms with Gasteiger partial charge < -0.3 is 14.9 Å². The van der Waals surface area contributed by atoms with Gasteiger partial charge in [0.2, 0.25) is 0 Å². The van der Waals surface area contributed by atoms with Crippen molar-refractivity contribution in [3.63, 3.8) is 0 Å². The van der Waals surface area contributed by atoms with Crippen LogP contribution in [-0.2, 0) is 0 Å². The maximum atomic E-state index is 12.2. The second-order valence-electron chi connectivity index (χ2n) is 5.62. The molecule has 17 heavy (non-hydrogen) atoms. The first-order valence-electron chi connectivity index (χ1n) is 6.83. The van der Waals surface area contributed by atoms with Crippen molar-refractivity contribution in [1.29, 1.82) is 0 Å². The smallest absolute Gasteiger partial charge is 0.319 e. The van der Waals surface area contributed by atoms with E-state index in [9.17, 15) is 9.90 Å². The molecule has 2 rings (SSSR count). The van der Waals surface area contributed by atoms with Crippen molar-refractivity contribution in [2.45, 2.75) is 50.5 Å². The van der Waals surface area contributed by atoms with Crippen LogP contribution < -0.4 is 0 Å². The average Bonchev–Trinajstić information content (AvgIpc) is 2.76. The van der Waals surface area contributed by atoms with Crippen LogP contribution in [0.1, 0.15) is 44.9 Å². The maximum absolute atomic E-state index is 12.2. The molecule has 4 heteroatoms. The van der Waals surface area contributed by atoms with Gasteiger partial charge in [0.15, 0.2) is 0 Å². The van der Waals surface area contributed by atoms with Crippen LogP contribution in [0.5, 0.6) is 0 Å². The lowest BCUT2D eigenvalue weighted by Crippen LogP contribution is -2.49. The van der Waals surface area contributed by atoms with Crippen LogP contribution in [-0.4, -0.2) is 53.2 Å². The zero-order valence-electron chi connectivity index (χ0n) is 10.8. The number of piperidine rings is 1. The zero-order valence-corrected chi connectivity index (χ0v) is 10.8. The Hall–Kier alpha value is -0.770. The van der Waals surface area contributed by atoms with E-state index in [-0.39, 0.29) is 6.03 Å². The van der Waals surface area contributed by atoms with Crippen molar-refractivity contribution in [2.24, 2.45) is 0 Å². The van der Waals surface area contributed by atoms with Gasteiger partial charge in [-0.25, -0.2) is 4.79 Å². The molecule has 0 aromatic heterocycles. The fraction of sp³-hybridized carbons (Fsp3) is 0.923. The summed E-state index contributed by atoms with van der Waals surface area (Å²) in [5.41, 5.74) is -0.625. The molecule has 0 aromatic carbocycles. The Morgan fingerprint density at radius 1 is 1.18 bits per heavy atom. The Balaban J connectivity index is 1.85. The molecule has 1 saturated carbocycles. The van der Waals surface area contributed by atoms with E-state index in [0.29, 0.717) is 6.54 Å². The normalized spacial score (nSPS) is 23.8. The number of carbonyl (C=O) groups is 1. The second-order valence-corrected chi connectivity index (χ2v) is 5.62. The summed E-state index contributed by atoms with van der Waals surface area (Å²) < 4.78 is 0. The van der Waals surface area contributed by atoms with Crippen LogP contribution >= 0.6 is 0 Å². The highest BCUT2D eigenvalue weighted by Crippen LogP contribution is 2.30. The monoisotopic (exact) mass is 240 g/mol. The first-order valence-corrected chi connectivity index (χ1v) is 6.83. The number of aliphatic hydroxyl groups is 1. The lowest BCUT2D eigenvalue weighted by molar-refractivity contribution is 0.0198. The average molecular weight is 240 g/mol. The summed E-state index contributed by atoms with van der Waals surface area (Å²) in [6, 6.07) is 0.0880. The number of nitrogens with zero attached hydrogens (tertiary/aromatic N) is 2. The number of rotatable bonds is 2. The van der Waals surface area contributed by atoms with Crippen molar-refractivity contribution in [3.8, 4) is 0 Å². The summed E-state index contributed by atoms with van der Waals surface area (Å²) in [7, 11) is 1.81. The van der Waals surface area contributed by atoms with Gasteiger partial charge in [-0.3, -0.25) is 0 Å². The first-order chi connectivity index (χ1) is 8.11. The summed E-state index contributed by atoms with van der Waals surface area (Å²) in [6.45, 7) is 2.24. The molecule has 1 heterocycles. The van der Waals surface area contributed by atoms with Gasteiger partial charge in [-0.2, -0.15) is 0 Å². The summed E-state index contributed by atoms with van der Waals surface area (Å²) in [5.74, 6) is 0. The summed E-state index contributed by atoms with van der Waals surface area (Å²) >= 11 is 0. The van der Waals surface area contributed by atoms with Crippen LogP contribution in [0.3, 0.4) is 0 Å². The van der Waals surface area contributed by atoms with Gasteiger partial charge in [0.25, 0.3) is 0 Å². The van der Waals surface area contributed by atoms with Crippen LogP contribution in [0.25, 0.3) is 0 Å². The molecule has 98 valence electrons. The van der Waals surface area contributed by atoms with Crippen LogP contribution in [0.4, 0.5) is 4.79 Å². The van der Waals surface area contributed by atoms with Crippen LogP contribution in [0.15, 0.2) is 0 Å². The van der Waals surface area contributed by atoms with Crippen molar-refractivity contribution in [2.75, 3.05) is 26.7 Å². The van der Waals surface area contributed by atoms with Gasteiger partial charge in [-0.05, 0) is 32.1 Å².